The van der Waals surface area contributed by atoms with Crippen molar-refractivity contribution in [2.24, 2.45) is 0 Å². The zero-order chi connectivity index (χ0) is 34.7. The lowest BCUT2D eigenvalue weighted by atomic mass is 9.75. The molecule has 3 aliphatic rings. The van der Waals surface area contributed by atoms with E-state index >= 15 is 4.39 Å². The number of aliphatic carboxylic acids is 1. The van der Waals surface area contributed by atoms with E-state index in [4.69, 9.17) is 27.4 Å². The van der Waals surface area contributed by atoms with Gasteiger partial charge >= 0.3 is 18.3 Å². The summed E-state index contributed by atoms with van der Waals surface area (Å²) in [6.07, 6.45) is -4.49. The monoisotopic (exact) mass is 688 g/mol. The number of likely N-dealkylation sites (tertiary alicyclic amines) is 1. The Balaban J connectivity index is 0.000000644. The van der Waals surface area contributed by atoms with Gasteiger partial charge in [-0.3, -0.25) is 14.5 Å². The minimum Gasteiger partial charge on any atom is -0.475 e. The minimum atomic E-state index is -5.08. The van der Waals surface area contributed by atoms with Gasteiger partial charge in [0.2, 0.25) is 0 Å². The van der Waals surface area contributed by atoms with Crippen LogP contribution < -0.4 is 15.1 Å². The first-order valence-corrected chi connectivity index (χ1v) is 14.7. The number of nitrogens with one attached hydrogen (secondary N) is 1. The summed E-state index contributed by atoms with van der Waals surface area (Å²) in [7, 11) is 0. The normalized spacial score (nSPS) is 17.7. The molecule has 1 aromatic heterocycles. The highest BCUT2D eigenvalue weighted by atomic mass is 32.1. The van der Waals surface area contributed by atoms with Crippen LogP contribution in [0.4, 0.5) is 42.1 Å². The van der Waals surface area contributed by atoms with Gasteiger partial charge in [-0.05, 0) is 94.6 Å². The molecule has 3 heterocycles. The molecule has 0 unspecified atom stereocenters. The molecule has 2 saturated heterocycles. The third kappa shape index (κ3) is 7.46. The molecule has 0 atom stereocenters. The highest BCUT2D eigenvalue weighted by Crippen LogP contribution is 2.48. The molecule has 1 saturated carbocycles. The van der Waals surface area contributed by atoms with Crippen LogP contribution in [0.25, 0.3) is 0 Å². The SMILES string of the molecule is N#Cc1ncc(N2C(=O)C3(CCC3)N(c3ccc(C(=O)NCCCN4CCCC4)c(F)c3)C2=S)cc1C(F)(F)F.O=C(O)C(F)(F)F. The van der Waals surface area contributed by atoms with E-state index < -0.39 is 52.7 Å². The second kappa shape index (κ2) is 13.8. The fraction of sp³-hybridized carbons (Fsp3) is 0.448. The number of carboxylic acids is 1. The maximum atomic E-state index is 15.2. The number of hydrogen-bond donors (Lipinski definition) is 2. The molecule has 18 heteroatoms. The number of rotatable bonds is 7. The number of carbonyl (C=O) groups excluding carboxylic acids is 2. The van der Waals surface area contributed by atoms with Crippen LogP contribution in [0.3, 0.4) is 0 Å². The van der Waals surface area contributed by atoms with Crippen molar-refractivity contribution in [2.45, 2.75) is 56.4 Å². The first-order chi connectivity index (χ1) is 22.0. The van der Waals surface area contributed by atoms with Gasteiger partial charge in [0, 0.05) is 12.2 Å². The van der Waals surface area contributed by atoms with Crippen molar-refractivity contribution in [3.8, 4) is 6.07 Å². The highest BCUT2D eigenvalue weighted by molar-refractivity contribution is 7.81. The molecular weight excluding hydrogens is 661 g/mol. The number of nitrogens with zero attached hydrogens (tertiary/aromatic N) is 5. The lowest BCUT2D eigenvalue weighted by Crippen LogP contribution is -2.55. The van der Waals surface area contributed by atoms with Gasteiger partial charge in [-0.25, -0.2) is 14.2 Å². The Morgan fingerprint density at radius 3 is 2.21 bits per heavy atom. The van der Waals surface area contributed by atoms with Crippen LogP contribution in [0.2, 0.25) is 0 Å². The molecule has 1 spiro atoms. The molecule has 2 aliphatic heterocycles. The van der Waals surface area contributed by atoms with E-state index in [2.05, 4.69) is 15.2 Å². The zero-order valence-electron chi connectivity index (χ0n) is 24.4. The van der Waals surface area contributed by atoms with Crippen molar-refractivity contribution in [2.75, 3.05) is 36.0 Å². The molecule has 2 aromatic rings. The van der Waals surface area contributed by atoms with E-state index in [0.717, 1.165) is 43.2 Å². The second-order valence-electron chi connectivity index (χ2n) is 11.0. The summed E-state index contributed by atoms with van der Waals surface area (Å²) in [5.74, 6) is -4.68. The van der Waals surface area contributed by atoms with E-state index in [0.29, 0.717) is 31.9 Å². The average Bonchev–Trinajstić information content (AvgIpc) is 3.57. The number of alkyl halides is 6. The number of halogens is 7. The summed E-state index contributed by atoms with van der Waals surface area (Å²) in [5.41, 5.74) is -3.48. The van der Waals surface area contributed by atoms with E-state index in [1.165, 1.54) is 35.9 Å². The topological polar surface area (TPSA) is 130 Å². The summed E-state index contributed by atoms with van der Waals surface area (Å²) < 4.78 is 87.6. The van der Waals surface area contributed by atoms with E-state index in [1.807, 2.05) is 0 Å². The van der Waals surface area contributed by atoms with Crippen LogP contribution in [0.5, 0.6) is 0 Å². The van der Waals surface area contributed by atoms with E-state index in [-0.39, 0.29) is 22.1 Å². The Morgan fingerprint density at radius 1 is 1.06 bits per heavy atom. The first-order valence-electron chi connectivity index (χ1n) is 14.3. The number of thiocarbonyl (C=S) groups is 1. The molecule has 1 aromatic carbocycles. The molecule has 2 amide bonds. The van der Waals surface area contributed by atoms with Crippen molar-refractivity contribution >= 4 is 46.5 Å². The minimum absolute atomic E-state index is 0.136. The Hall–Kier alpha value is -4.37. The Kier molecular flexibility index (Phi) is 10.4. The standard InChI is InChI=1S/C27H26F4N6O2S.C2HF3O2/c28-21-14-17(5-6-19(21)23(38)33-9-4-12-35-10-1-2-11-35)37-25(40)36(24(39)26(37)7-3-8-26)18-13-20(27(29,30)31)22(15-32)34-16-18;3-2(4,5)1(6)7/h5-6,13-14,16H,1-4,7-12H2,(H,33,38);(H,6,7). The Bertz CT molecular complexity index is 1600. The molecule has 5 rings (SSSR count). The van der Waals surface area contributed by atoms with Crippen molar-refractivity contribution in [1.82, 2.24) is 15.2 Å². The number of carboxylic acid groups (broad SMARTS) is 1. The number of nitriles is 1. The van der Waals surface area contributed by atoms with Gasteiger partial charge in [0.15, 0.2) is 10.8 Å². The molecule has 47 heavy (non-hydrogen) atoms. The van der Waals surface area contributed by atoms with Crippen molar-refractivity contribution in [1.29, 1.82) is 5.26 Å². The number of hydrogen-bond acceptors (Lipinski definition) is 7. The smallest absolute Gasteiger partial charge is 0.475 e. The predicted octanol–water partition coefficient (Wildman–Crippen LogP) is 5.02. The van der Waals surface area contributed by atoms with Crippen molar-refractivity contribution in [3.05, 3.63) is 53.1 Å². The predicted molar refractivity (Wildman–Crippen MR) is 156 cm³/mol. The van der Waals surface area contributed by atoms with Gasteiger partial charge in [-0.2, -0.15) is 31.6 Å². The highest BCUT2D eigenvalue weighted by Gasteiger charge is 2.60. The summed E-state index contributed by atoms with van der Waals surface area (Å²) in [6, 6.07) is 5.98. The third-order valence-electron chi connectivity index (χ3n) is 7.97. The van der Waals surface area contributed by atoms with Gasteiger partial charge in [0.05, 0.1) is 23.0 Å². The first kappa shape index (κ1) is 35.5. The molecule has 1 aliphatic carbocycles. The fourth-order valence-electron chi connectivity index (χ4n) is 5.52. The average molecular weight is 689 g/mol. The largest absolute Gasteiger partial charge is 0.490 e. The molecule has 10 nitrogen and oxygen atoms in total. The number of carbonyl (C=O) groups is 3. The summed E-state index contributed by atoms with van der Waals surface area (Å²) in [6.45, 7) is 3.36. The molecule has 3 fully saturated rings. The third-order valence-corrected chi connectivity index (χ3v) is 8.33. The lowest BCUT2D eigenvalue weighted by molar-refractivity contribution is -0.192. The Morgan fingerprint density at radius 2 is 1.70 bits per heavy atom. The fourth-order valence-corrected chi connectivity index (χ4v) is 5.99. The van der Waals surface area contributed by atoms with Crippen LogP contribution in [0, 0.1) is 17.1 Å². The van der Waals surface area contributed by atoms with Crippen LogP contribution in [0.15, 0.2) is 30.5 Å². The molecule has 0 bridgehead atoms. The van der Waals surface area contributed by atoms with Gasteiger partial charge in [-0.1, -0.05) is 0 Å². The zero-order valence-corrected chi connectivity index (χ0v) is 25.2. The van der Waals surface area contributed by atoms with Gasteiger partial charge in [-0.15, -0.1) is 0 Å². The number of anilines is 2. The number of benzene rings is 1. The van der Waals surface area contributed by atoms with Gasteiger partial charge in [0.1, 0.15) is 17.4 Å². The summed E-state index contributed by atoms with van der Waals surface area (Å²) >= 11 is 5.55. The molecular formula is C29H27F7N6O4S. The maximum Gasteiger partial charge on any atom is 0.490 e. The lowest BCUT2D eigenvalue weighted by Gasteiger charge is -2.43. The molecule has 2 N–H and O–H groups in total. The Labute approximate surface area is 268 Å². The van der Waals surface area contributed by atoms with E-state index in [1.54, 1.807) is 0 Å². The molecule has 252 valence electrons. The number of amides is 2. The van der Waals surface area contributed by atoms with Crippen LogP contribution >= 0.6 is 12.2 Å². The van der Waals surface area contributed by atoms with E-state index in [9.17, 15) is 35.9 Å². The molecule has 0 radical (unpaired) electrons. The van der Waals surface area contributed by atoms with Gasteiger partial charge in [0.25, 0.3) is 11.8 Å². The van der Waals surface area contributed by atoms with Crippen molar-refractivity contribution < 1.29 is 50.2 Å². The second-order valence-corrected chi connectivity index (χ2v) is 11.3. The maximum absolute atomic E-state index is 15.2. The van der Waals surface area contributed by atoms with Crippen molar-refractivity contribution in [3.63, 3.8) is 0 Å². The van der Waals surface area contributed by atoms with Crippen LogP contribution in [0.1, 0.15) is 60.1 Å². The van der Waals surface area contributed by atoms with Crippen LogP contribution in [-0.2, 0) is 15.8 Å². The number of aromatic nitrogens is 1. The summed E-state index contributed by atoms with van der Waals surface area (Å²) in [4.78, 5) is 43.4. The quantitative estimate of drug-likeness (QED) is 0.234. The summed E-state index contributed by atoms with van der Waals surface area (Å²) in [5, 5.41) is 18.8. The number of pyridine rings is 1. The van der Waals surface area contributed by atoms with Crippen LogP contribution in [-0.4, -0.2) is 75.8 Å². The van der Waals surface area contributed by atoms with Gasteiger partial charge < -0.3 is 20.2 Å².